The number of hydrogen-bond donors (Lipinski definition) is 0. The summed E-state index contributed by atoms with van der Waals surface area (Å²) in [6, 6.07) is 1.76. The van der Waals surface area contributed by atoms with Gasteiger partial charge in [-0.25, -0.2) is 5.06 Å². The number of pyridine rings is 1. The fraction of sp³-hybridized carbons (Fsp3) is 0.412. The summed E-state index contributed by atoms with van der Waals surface area (Å²) in [4.78, 5) is 39.2. The second-order valence-corrected chi connectivity index (χ2v) is 6.22. The van der Waals surface area contributed by atoms with Crippen LogP contribution < -0.4 is 5.56 Å². The predicted octanol–water partition coefficient (Wildman–Crippen LogP) is 1.33. The number of aryl methyl sites for hydroxylation is 2. The zero-order chi connectivity index (χ0) is 17.3. The van der Waals surface area contributed by atoms with Crippen LogP contribution in [0.2, 0.25) is 0 Å². The van der Waals surface area contributed by atoms with Gasteiger partial charge in [0.1, 0.15) is 5.56 Å². The molecular formula is C17H20N4O3. The second kappa shape index (κ2) is 6.52. The fourth-order valence-electron chi connectivity index (χ4n) is 2.60. The van der Waals surface area contributed by atoms with Crippen LogP contribution in [-0.4, -0.2) is 38.7 Å². The molecule has 7 heteroatoms. The average Bonchev–Trinajstić information content (AvgIpc) is 2.99. The summed E-state index contributed by atoms with van der Waals surface area (Å²) in [6.07, 6.45) is 4.96. The molecule has 1 atom stereocenters. The van der Waals surface area contributed by atoms with Gasteiger partial charge in [0, 0.05) is 18.3 Å². The van der Waals surface area contributed by atoms with Crippen molar-refractivity contribution in [2.45, 2.75) is 27.3 Å². The molecule has 0 bridgehead atoms. The Morgan fingerprint density at radius 3 is 2.75 bits per heavy atom. The van der Waals surface area contributed by atoms with Crippen LogP contribution in [0.4, 0.5) is 0 Å². The third-order valence-corrected chi connectivity index (χ3v) is 3.97. The second-order valence-electron chi connectivity index (χ2n) is 6.22. The molecule has 1 amide bonds. The normalized spacial score (nSPS) is 17.3. The number of nitrogens with zero attached hydrogens (tertiary/aromatic N) is 4. The van der Waals surface area contributed by atoms with E-state index in [1.807, 2.05) is 13.8 Å². The molecule has 1 aliphatic rings. The smallest absolute Gasteiger partial charge is 0.283 e. The van der Waals surface area contributed by atoms with E-state index in [2.05, 4.69) is 9.97 Å². The highest BCUT2D eigenvalue weighted by molar-refractivity contribution is 5.94. The van der Waals surface area contributed by atoms with Crippen LogP contribution in [0.25, 0.3) is 0 Å². The van der Waals surface area contributed by atoms with Crippen molar-refractivity contribution in [3.05, 3.63) is 57.5 Å². The van der Waals surface area contributed by atoms with Crippen LogP contribution in [0.3, 0.4) is 0 Å². The van der Waals surface area contributed by atoms with Gasteiger partial charge in [0.25, 0.3) is 11.5 Å². The molecule has 24 heavy (non-hydrogen) atoms. The van der Waals surface area contributed by atoms with E-state index in [0.717, 1.165) is 5.69 Å². The van der Waals surface area contributed by atoms with Gasteiger partial charge in [0.2, 0.25) is 0 Å². The molecule has 3 rings (SSSR count). The first-order valence-corrected chi connectivity index (χ1v) is 7.88. The van der Waals surface area contributed by atoms with Crippen LogP contribution in [0.1, 0.15) is 34.2 Å². The molecule has 0 aromatic carbocycles. The molecule has 0 spiro atoms. The van der Waals surface area contributed by atoms with Gasteiger partial charge < -0.3 is 4.57 Å². The van der Waals surface area contributed by atoms with Crippen molar-refractivity contribution < 1.29 is 9.63 Å². The van der Waals surface area contributed by atoms with Crippen LogP contribution in [0, 0.1) is 19.8 Å². The molecular weight excluding hydrogens is 308 g/mol. The van der Waals surface area contributed by atoms with Crippen molar-refractivity contribution in [2.24, 2.45) is 5.92 Å². The van der Waals surface area contributed by atoms with Gasteiger partial charge in [-0.2, -0.15) is 0 Å². The largest absolute Gasteiger partial charge is 0.309 e. The third-order valence-electron chi connectivity index (χ3n) is 3.97. The minimum Gasteiger partial charge on any atom is -0.309 e. The zero-order valence-electron chi connectivity index (χ0n) is 14.0. The molecule has 0 radical (unpaired) electrons. The number of carbonyl (C=O) groups is 1. The van der Waals surface area contributed by atoms with E-state index in [0.29, 0.717) is 24.4 Å². The molecule has 3 heterocycles. The van der Waals surface area contributed by atoms with E-state index >= 15 is 0 Å². The van der Waals surface area contributed by atoms with Gasteiger partial charge >= 0.3 is 0 Å². The molecule has 1 fully saturated rings. The molecule has 1 unspecified atom stereocenters. The summed E-state index contributed by atoms with van der Waals surface area (Å²) >= 11 is 0. The molecule has 1 saturated heterocycles. The number of aromatic nitrogens is 3. The Labute approximate surface area is 139 Å². The van der Waals surface area contributed by atoms with Crippen molar-refractivity contribution in [3.8, 4) is 0 Å². The molecule has 1 aliphatic heterocycles. The van der Waals surface area contributed by atoms with Crippen molar-refractivity contribution >= 4 is 5.91 Å². The maximum atomic E-state index is 12.8. The first-order chi connectivity index (χ1) is 11.5. The van der Waals surface area contributed by atoms with Gasteiger partial charge in [0.05, 0.1) is 37.3 Å². The van der Waals surface area contributed by atoms with Gasteiger partial charge in [-0.05, 0) is 25.5 Å². The summed E-state index contributed by atoms with van der Waals surface area (Å²) in [5.74, 6) is -0.116. The van der Waals surface area contributed by atoms with E-state index < -0.39 is 0 Å². The van der Waals surface area contributed by atoms with Gasteiger partial charge in [-0.3, -0.25) is 24.4 Å². The lowest BCUT2D eigenvalue weighted by Gasteiger charge is -2.16. The van der Waals surface area contributed by atoms with E-state index in [-0.39, 0.29) is 29.5 Å². The van der Waals surface area contributed by atoms with Crippen molar-refractivity contribution in [1.29, 1.82) is 0 Å². The first-order valence-electron chi connectivity index (χ1n) is 7.88. The van der Waals surface area contributed by atoms with Gasteiger partial charge in [0.15, 0.2) is 0 Å². The van der Waals surface area contributed by atoms with Crippen molar-refractivity contribution in [2.75, 3.05) is 13.2 Å². The lowest BCUT2D eigenvalue weighted by Crippen LogP contribution is -2.35. The Hall–Kier alpha value is -2.54. The number of amides is 1. The molecule has 0 aliphatic carbocycles. The maximum Gasteiger partial charge on any atom is 0.283 e. The summed E-state index contributed by atoms with van der Waals surface area (Å²) in [7, 11) is 0. The van der Waals surface area contributed by atoms with E-state index in [1.54, 1.807) is 31.6 Å². The lowest BCUT2D eigenvalue weighted by atomic mass is 10.1. The molecule has 7 nitrogen and oxygen atoms in total. The van der Waals surface area contributed by atoms with Gasteiger partial charge in [-0.1, -0.05) is 6.92 Å². The molecule has 0 saturated carbocycles. The molecule has 2 aromatic heterocycles. The van der Waals surface area contributed by atoms with E-state index in [1.165, 1.54) is 9.63 Å². The topological polar surface area (TPSA) is 77.3 Å². The fourth-order valence-corrected chi connectivity index (χ4v) is 2.60. The number of carbonyl (C=O) groups excluding carboxylic acids is 1. The maximum absolute atomic E-state index is 12.8. The zero-order valence-corrected chi connectivity index (χ0v) is 14.0. The quantitative estimate of drug-likeness (QED) is 0.849. The minimum atomic E-state index is -0.383. The monoisotopic (exact) mass is 328 g/mol. The third kappa shape index (κ3) is 3.21. The highest BCUT2D eigenvalue weighted by Crippen LogP contribution is 2.15. The summed E-state index contributed by atoms with van der Waals surface area (Å²) in [6.45, 7) is 6.86. The number of rotatable bonds is 3. The number of hydroxylamine groups is 2. The Kier molecular flexibility index (Phi) is 4.44. The van der Waals surface area contributed by atoms with E-state index in [4.69, 9.17) is 4.84 Å². The van der Waals surface area contributed by atoms with Crippen LogP contribution in [0.5, 0.6) is 0 Å². The standard InChI is InChI=1S/C17H20N4O3/c1-11-8-21(24-10-11)17(23)15-12(2)4-5-20(16(15)22)9-14-7-18-13(3)6-19-14/h4-7,11H,8-10H2,1-3H3. The molecule has 2 aromatic rings. The minimum absolute atomic E-state index is 0.145. The highest BCUT2D eigenvalue weighted by Gasteiger charge is 2.29. The molecule has 0 N–H and O–H groups in total. The van der Waals surface area contributed by atoms with Gasteiger partial charge in [-0.15, -0.1) is 0 Å². The summed E-state index contributed by atoms with van der Waals surface area (Å²) in [5, 5.41) is 1.28. The highest BCUT2D eigenvalue weighted by atomic mass is 16.7. The van der Waals surface area contributed by atoms with Crippen molar-refractivity contribution in [1.82, 2.24) is 19.6 Å². The predicted molar refractivity (Wildman–Crippen MR) is 87.5 cm³/mol. The Balaban J connectivity index is 1.91. The lowest BCUT2D eigenvalue weighted by molar-refractivity contribution is -0.0774. The van der Waals surface area contributed by atoms with Crippen LogP contribution >= 0.6 is 0 Å². The first kappa shape index (κ1) is 16.3. The average molecular weight is 328 g/mol. The summed E-state index contributed by atoms with van der Waals surface area (Å²) < 4.78 is 1.47. The Morgan fingerprint density at radius 2 is 2.12 bits per heavy atom. The Morgan fingerprint density at radius 1 is 1.33 bits per heavy atom. The van der Waals surface area contributed by atoms with Crippen molar-refractivity contribution in [3.63, 3.8) is 0 Å². The van der Waals surface area contributed by atoms with Crippen LogP contribution in [-0.2, 0) is 11.4 Å². The Bertz CT molecular complexity index is 814. The van der Waals surface area contributed by atoms with E-state index in [9.17, 15) is 9.59 Å². The van der Waals surface area contributed by atoms with Crippen LogP contribution in [0.15, 0.2) is 29.5 Å². The number of hydrogen-bond acceptors (Lipinski definition) is 5. The summed E-state index contributed by atoms with van der Waals surface area (Å²) in [5.41, 5.74) is 1.92. The SMILES string of the molecule is Cc1cnc(Cn2ccc(C)c(C(=O)N3CC(C)CO3)c2=O)cn1. The molecule has 126 valence electrons.